The van der Waals surface area contributed by atoms with Crippen LogP contribution in [0.1, 0.15) is 16.7 Å². The van der Waals surface area contributed by atoms with E-state index in [9.17, 15) is 9.18 Å². The van der Waals surface area contributed by atoms with Crippen molar-refractivity contribution in [1.29, 1.82) is 0 Å². The van der Waals surface area contributed by atoms with Crippen LogP contribution in [0.25, 0.3) is 11.2 Å². The third kappa shape index (κ3) is 3.11. The predicted octanol–water partition coefficient (Wildman–Crippen LogP) is 2.53. The Kier molecular flexibility index (Phi) is 4.04. The number of halogens is 1. The zero-order chi connectivity index (χ0) is 18.1. The largest absolute Gasteiger partial charge is 0.293 e. The lowest BCUT2D eigenvalue weighted by molar-refractivity contribution is 0.622. The molecule has 26 heavy (non-hydrogen) atoms. The second kappa shape index (κ2) is 6.51. The Morgan fingerprint density at radius 2 is 1.85 bits per heavy atom. The molecule has 0 aliphatic carbocycles. The third-order valence-electron chi connectivity index (χ3n) is 4.19. The van der Waals surface area contributed by atoms with E-state index in [1.54, 1.807) is 16.8 Å². The van der Waals surface area contributed by atoms with Crippen molar-refractivity contribution in [2.24, 2.45) is 0 Å². The van der Waals surface area contributed by atoms with Crippen LogP contribution in [0.15, 0.2) is 59.7 Å². The molecule has 2 aromatic heterocycles. The van der Waals surface area contributed by atoms with Gasteiger partial charge in [-0.1, -0.05) is 47.2 Å². The Morgan fingerprint density at radius 1 is 1.04 bits per heavy atom. The van der Waals surface area contributed by atoms with Crippen LogP contribution in [0.3, 0.4) is 0 Å². The molecule has 0 unspecified atom stereocenters. The monoisotopic (exact) mass is 349 g/mol. The molecule has 0 amide bonds. The molecule has 0 N–H and O–H groups in total. The lowest BCUT2D eigenvalue weighted by Crippen LogP contribution is -2.21. The number of benzene rings is 2. The van der Waals surface area contributed by atoms with Crippen LogP contribution in [-0.2, 0) is 13.1 Å². The van der Waals surface area contributed by atoms with Crippen LogP contribution >= 0.6 is 0 Å². The van der Waals surface area contributed by atoms with Gasteiger partial charge in [-0.05, 0) is 30.2 Å². The highest BCUT2D eigenvalue weighted by molar-refractivity contribution is 5.67. The molecule has 0 saturated heterocycles. The second-order valence-corrected chi connectivity index (χ2v) is 6.21. The van der Waals surface area contributed by atoms with Gasteiger partial charge in [0.05, 0.1) is 13.1 Å². The number of hydrogen-bond donors (Lipinski definition) is 0. The first-order valence-electron chi connectivity index (χ1n) is 8.19. The van der Waals surface area contributed by atoms with Gasteiger partial charge in [-0.25, -0.2) is 14.1 Å². The van der Waals surface area contributed by atoms with Crippen molar-refractivity contribution in [3.05, 3.63) is 87.7 Å². The van der Waals surface area contributed by atoms with E-state index in [1.165, 1.54) is 28.6 Å². The molecule has 0 atom stereocenters. The minimum absolute atomic E-state index is 0.205. The van der Waals surface area contributed by atoms with Crippen LogP contribution in [0, 0.1) is 12.7 Å². The fraction of sp³-hybridized carbons (Fsp3) is 0.158. The maximum Gasteiger partial charge on any atom is 0.283 e. The summed E-state index contributed by atoms with van der Waals surface area (Å²) in [6.45, 7) is 2.73. The number of aromatic nitrogens is 5. The third-order valence-corrected chi connectivity index (χ3v) is 4.19. The van der Waals surface area contributed by atoms with Gasteiger partial charge in [0.15, 0.2) is 11.2 Å². The summed E-state index contributed by atoms with van der Waals surface area (Å²) in [5, 5.41) is 8.06. The summed E-state index contributed by atoms with van der Waals surface area (Å²) in [7, 11) is 0. The standard InChI is InChI=1S/C19H16FN5O/c1-13-5-7-14(8-6-13)11-25-18-17(22-23-25)19(26)24(12-21-18)10-15-3-2-4-16(20)9-15/h2-9,12H,10-11H2,1H3. The van der Waals surface area contributed by atoms with Crippen LogP contribution in [0.5, 0.6) is 0 Å². The molecular formula is C19H16FN5O. The van der Waals surface area contributed by atoms with Gasteiger partial charge in [0.2, 0.25) is 0 Å². The summed E-state index contributed by atoms with van der Waals surface area (Å²) in [4.78, 5) is 17.0. The van der Waals surface area contributed by atoms with Gasteiger partial charge < -0.3 is 0 Å². The van der Waals surface area contributed by atoms with Crippen molar-refractivity contribution in [3.63, 3.8) is 0 Å². The van der Waals surface area contributed by atoms with E-state index < -0.39 is 0 Å². The molecule has 0 aliphatic heterocycles. The average Bonchev–Trinajstić information content (AvgIpc) is 3.03. The number of nitrogens with zero attached hydrogens (tertiary/aromatic N) is 5. The van der Waals surface area contributed by atoms with Crippen molar-refractivity contribution in [2.45, 2.75) is 20.0 Å². The van der Waals surface area contributed by atoms with Gasteiger partial charge in [-0.3, -0.25) is 9.36 Å². The second-order valence-electron chi connectivity index (χ2n) is 6.21. The van der Waals surface area contributed by atoms with Crippen molar-refractivity contribution in [1.82, 2.24) is 24.5 Å². The van der Waals surface area contributed by atoms with E-state index in [-0.39, 0.29) is 23.4 Å². The van der Waals surface area contributed by atoms with Crippen molar-refractivity contribution in [2.75, 3.05) is 0 Å². The fourth-order valence-corrected chi connectivity index (χ4v) is 2.80. The minimum Gasteiger partial charge on any atom is -0.293 e. The Labute approximate surface area is 148 Å². The van der Waals surface area contributed by atoms with E-state index in [0.29, 0.717) is 17.8 Å². The summed E-state index contributed by atoms with van der Waals surface area (Å²) >= 11 is 0. The molecule has 0 aliphatic rings. The average molecular weight is 349 g/mol. The number of hydrogen-bond acceptors (Lipinski definition) is 4. The Bertz CT molecular complexity index is 1130. The van der Waals surface area contributed by atoms with Crippen LogP contribution < -0.4 is 5.56 Å². The quantitative estimate of drug-likeness (QED) is 0.568. The molecule has 7 heteroatoms. The first-order chi connectivity index (χ1) is 12.6. The molecule has 0 saturated carbocycles. The maximum atomic E-state index is 13.3. The van der Waals surface area contributed by atoms with Crippen LogP contribution in [-0.4, -0.2) is 24.5 Å². The summed E-state index contributed by atoms with van der Waals surface area (Å²) in [5.41, 5.74) is 3.25. The Balaban J connectivity index is 1.66. The highest BCUT2D eigenvalue weighted by atomic mass is 19.1. The maximum absolute atomic E-state index is 13.3. The highest BCUT2D eigenvalue weighted by Gasteiger charge is 2.12. The van der Waals surface area contributed by atoms with Crippen molar-refractivity contribution < 1.29 is 4.39 Å². The van der Waals surface area contributed by atoms with E-state index in [4.69, 9.17) is 0 Å². The van der Waals surface area contributed by atoms with Crippen molar-refractivity contribution in [3.8, 4) is 0 Å². The normalized spacial score (nSPS) is 11.2. The Morgan fingerprint density at radius 3 is 2.62 bits per heavy atom. The summed E-state index contributed by atoms with van der Waals surface area (Å²) in [6, 6.07) is 14.2. The van der Waals surface area contributed by atoms with E-state index in [1.807, 2.05) is 31.2 Å². The molecule has 130 valence electrons. The molecule has 0 fully saturated rings. The topological polar surface area (TPSA) is 65.6 Å². The minimum atomic E-state index is -0.339. The van der Waals surface area contributed by atoms with Gasteiger partial charge in [-0.15, -0.1) is 5.10 Å². The summed E-state index contributed by atoms with van der Waals surface area (Å²) in [5.74, 6) is -0.339. The molecule has 4 aromatic rings. The van der Waals surface area contributed by atoms with Crippen LogP contribution in [0.2, 0.25) is 0 Å². The predicted molar refractivity (Wildman–Crippen MR) is 95.4 cm³/mol. The summed E-state index contributed by atoms with van der Waals surface area (Å²) < 4.78 is 16.3. The van der Waals surface area contributed by atoms with Gasteiger partial charge in [-0.2, -0.15) is 0 Å². The smallest absolute Gasteiger partial charge is 0.283 e. The number of aryl methyl sites for hydroxylation is 1. The molecule has 2 heterocycles. The molecular weight excluding hydrogens is 333 g/mol. The Hall–Kier alpha value is -3.35. The van der Waals surface area contributed by atoms with Gasteiger partial charge in [0.1, 0.15) is 12.1 Å². The van der Waals surface area contributed by atoms with Gasteiger partial charge >= 0.3 is 0 Å². The van der Waals surface area contributed by atoms with Crippen LogP contribution in [0.4, 0.5) is 4.39 Å². The first-order valence-corrected chi connectivity index (χ1v) is 8.19. The number of rotatable bonds is 4. The fourth-order valence-electron chi connectivity index (χ4n) is 2.80. The van der Waals surface area contributed by atoms with Crippen molar-refractivity contribution >= 4 is 11.2 Å². The lowest BCUT2D eigenvalue weighted by Gasteiger charge is -2.06. The first kappa shape index (κ1) is 16.1. The molecule has 0 spiro atoms. The van der Waals surface area contributed by atoms with E-state index in [2.05, 4.69) is 15.3 Å². The van der Waals surface area contributed by atoms with Gasteiger partial charge in [0, 0.05) is 0 Å². The molecule has 4 rings (SSSR count). The van der Waals surface area contributed by atoms with E-state index in [0.717, 1.165) is 5.56 Å². The SMILES string of the molecule is Cc1ccc(Cn2nnc3c(=O)n(Cc4cccc(F)c4)cnc32)cc1. The van der Waals surface area contributed by atoms with E-state index >= 15 is 0 Å². The molecule has 0 bridgehead atoms. The number of fused-ring (bicyclic) bond motifs is 1. The zero-order valence-electron chi connectivity index (χ0n) is 14.1. The molecule has 6 nitrogen and oxygen atoms in total. The summed E-state index contributed by atoms with van der Waals surface area (Å²) in [6.07, 6.45) is 1.45. The zero-order valence-corrected chi connectivity index (χ0v) is 14.1. The molecule has 2 aromatic carbocycles. The highest BCUT2D eigenvalue weighted by Crippen LogP contribution is 2.10. The lowest BCUT2D eigenvalue weighted by atomic mass is 10.1. The molecule has 0 radical (unpaired) electrons. The van der Waals surface area contributed by atoms with Gasteiger partial charge in [0.25, 0.3) is 5.56 Å².